The van der Waals surface area contributed by atoms with Gasteiger partial charge in [0.25, 0.3) is 0 Å². The molecule has 1 aliphatic heterocycles. The molecular formula is C19H30N6O4S. The van der Waals surface area contributed by atoms with Crippen molar-refractivity contribution in [2.75, 3.05) is 6.54 Å². The Morgan fingerprint density at radius 3 is 2.53 bits per heavy atom. The molecule has 1 aliphatic rings. The highest BCUT2D eigenvalue weighted by atomic mass is 32.1. The van der Waals surface area contributed by atoms with Crippen LogP contribution in [-0.2, 0) is 27.3 Å². The molecule has 10 nitrogen and oxygen atoms in total. The quantitative estimate of drug-likeness (QED) is 0.302. The predicted octanol–water partition coefficient (Wildman–Crippen LogP) is 1.44. The molecule has 0 aliphatic carbocycles. The van der Waals surface area contributed by atoms with E-state index in [1.807, 2.05) is 33.9 Å². The number of nitrogens with one attached hydrogen (secondary N) is 3. The van der Waals surface area contributed by atoms with Gasteiger partial charge in [-0.2, -0.15) is 0 Å². The summed E-state index contributed by atoms with van der Waals surface area (Å²) in [5, 5.41) is 16.1. The SMILES string of the molecule is CCC1(CCCc2cn(CCCNC(=O)OC(C)(C)C)nn2)C(=O)NC(=S)NC1=O. The molecule has 1 fully saturated rings. The third-order valence-electron chi connectivity index (χ3n) is 4.78. The number of aromatic nitrogens is 3. The van der Waals surface area contributed by atoms with E-state index in [1.54, 1.807) is 4.68 Å². The number of alkyl carbamates (subject to hydrolysis) is 1. The summed E-state index contributed by atoms with van der Waals surface area (Å²) in [7, 11) is 0. The Labute approximate surface area is 181 Å². The molecule has 1 saturated heterocycles. The van der Waals surface area contributed by atoms with Crippen molar-refractivity contribution in [3.05, 3.63) is 11.9 Å². The van der Waals surface area contributed by atoms with E-state index in [-0.39, 0.29) is 16.9 Å². The molecule has 11 heteroatoms. The zero-order valence-corrected chi connectivity index (χ0v) is 18.7. The summed E-state index contributed by atoms with van der Waals surface area (Å²) in [6.07, 6.45) is 4.08. The minimum absolute atomic E-state index is 0.0539. The van der Waals surface area contributed by atoms with Crippen molar-refractivity contribution in [2.24, 2.45) is 5.41 Å². The molecule has 3 amide bonds. The number of hydrogen-bond acceptors (Lipinski definition) is 7. The number of aryl methyl sites for hydroxylation is 2. The maximum atomic E-state index is 12.4. The van der Waals surface area contributed by atoms with Crippen molar-refractivity contribution in [3.8, 4) is 0 Å². The maximum absolute atomic E-state index is 12.4. The Kier molecular flexibility index (Phi) is 7.88. The summed E-state index contributed by atoms with van der Waals surface area (Å²) < 4.78 is 6.89. The molecule has 0 radical (unpaired) electrons. The Bertz CT molecular complexity index is 781. The van der Waals surface area contributed by atoms with Gasteiger partial charge in [0, 0.05) is 19.3 Å². The van der Waals surface area contributed by atoms with Crippen LogP contribution in [0, 0.1) is 5.41 Å². The fourth-order valence-corrected chi connectivity index (χ4v) is 3.37. The first-order chi connectivity index (χ1) is 14.1. The van der Waals surface area contributed by atoms with Crippen LogP contribution in [0.2, 0.25) is 0 Å². The molecule has 0 aromatic carbocycles. The summed E-state index contributed by atoms with van der Waals surface area (Å²) in [5.74, 6) is -0.695. The third-order valence-corrected chi connectivity index (χ3v) is 4.99. The van der Waals surface area contributed by atoms with Crippen molar-refractivity contribution in [1.29, 1.82) is 0 Å². The van der Waals surface area contributed by atoms with E-state index in [0.29, 0.717) is 45.2 Å². The van der Waals surface area contributed by atoms with E-state index in [2.05, 4.69) is 26.3 Å². The topological polar surface area (TPSA) is 127 Å². The van der Waals surface area contributed by atoms with E-state index in [1.165, 1.54) is 0 Å². The second kappa shape index (κ2) is 9.96. The molecule has 0 bridgehead atoms. The van der Waals surface area contributed by atoms with Crippen molar-refractivity contribution in [2.45, 2.75) is 71.9 Å². The van der Waals surface area contributed by atoms with Gasteiger partial charge in [-0.1, -0.05) is 12.1 Å². The zero-order valence-electron chi connectivity index (χ0n) is 17.9. The monoisotopic (exact) mass is 438 g/mol. The van der Waals surface area contributed by atoms with Crippen LogP contribution in [0.1, 0.15) is 59.1 Å². The molecule has 0 saturated carbocycles. The summed E-state index contributed by atoms with van der Waals surface area (Å²) in [5.41, 5.74) is -0.842. The molecular weight excluding hydrogens is 408 g/mol. The average Bonchev–Trinajstić information content (AvgIpc) is 3.07. The van der Waals surface area contributed by atoms with E-state index in [9.17, 15) is 14.4 Å². The van der Waals surface area contributed by atoms with Crippen LogP contribution < -0.4 is 16.0 Å². The van der Waals surface area contributed by atoms with Gasteiger partial charge in [-0.3, -0.25) is 14.3 Å². The fraction of sp³-hybridized carbons (Fsp3) is 0.684. The van der Waals surface area contributed by atoms with E-state index in [0.717, 1.165) is 5.69 Å². The van der Waals surface area contributed by atoms with Crippen LogP contribution in [-0.4, -0.2) is 50.2 Å². The van der Waals surface area contributed by atoms with Gasteiger partial charge in [0.05, 0.1) is 5.69 Å². The van der Waals surface area contributed by atoms with Gasteiger partial charge in [0.2, 0.25) is 11.8 Å². The van der Waals surface area contributed by atoms with Crippen molar-refractivity contribution < 1.29 is 19.1 Å². The van der Waals surface area contributed by atoms with Crippen molar-refractivity contribution >= 4 is 35.2 Å². The lowest BCUT2D eigenvalue weighted by Gasteiger charge is -2.34. The molecule has 1 aromatic rings. The van der Waals surface area contributed by atoms with Gasteiger partial charge in [0.1, 0.15) is 11.0 Å². The fourth-order valence-electron chi connectivity index (χ4n) is 3.18. The number of ether oxygens (including phenoxy) is 1. The van der Waals surface area contributed by atoms with E-state index in [4.69, 9.17) is 17.0 Å². The largest absolute Gasteiger partial charge is 0.444 e. The number of carbonyl (C=O) groups excluding carboxylic acids is 3. The molecule has 0 atom stereocenters. The van der Waals surface area contributed by atoms with Gasteiger partial charge in [-0.15, -0.1) is 5.10 Å². The van der Waals surface area contributed by atoms with Crippen LogP contribution in [0.15, 0.2) is 6.20 Å². The van der Waals surface area contributed by atoms with Gasteiger partial charge < -0.3 is 20.7 Å². The van der Waals surface area contributed by atoms with Gasteiger partial charge in [-0.05, 0) is 65.1 Å². The molecule has 2 rings (SSSR count). The van der Waals surface area contributed by atoms with Gasteiger partial charge in [-0.25, -0.2) is 4.79 Å². The number of carbonyl (C=O) groups is 3. The average molecular weight is 439 g/mol. The minimum atomic E-state index is -1.11. The zero-order chi connectivity index (χ0) is 22.4. The highest BCUT2D eigenvalue weighted by Gasteiger charge is 2.47. The normalized spacial score (nSPS) is 16.1. The first-order valence-electron chi connectivity index (χ1n) is 10.1. The van der Waals surface area contributed by atoms with Crippen LogP contribution in [0.25, 0.3) is 0 Å². The Morgan fingerprint density at radius 2 is 1.93 bits per heavy atom. The van der Waals surface area contributed by atoms with E-state index >= 15 is 0 Å². The highest BCUT2D eigenvalue weighted by Crippen LogP contribution is 2.31. The Morgan fingerprint density at radius 1 is 1.27 bits per heavy atom. The lowest BCUT2D eigenvalue weighted by molar-refractivity contribution is -0.144. The molecule has 1 aromatic heterocycles. The van der Waals surface area contributed by atoms with Gasteiger partial charge >= 0.3 is 6.09 Å². The number of nitrogens with zero attached hydrogens (tertiary/aromatic N) is 3. The molecule has 3 N–H and O–H groups in total. The lowest BCUT2D eigenvalue weighted by atomic mass is 9.77. The third kappa shape index (κ3) is 6.48. The smallest absolute Gasteiger partial charge is 0.407 e. The van der Waals surface area contributed by atoms with E-state index < -0.39 is 17.1 Å². The number of hydrogen-bond donors (Lipinski definition) is 3. The molecule has 0 spiro atoms. The summed E-state index contributed by atoms with van der Waals surface area (Å²) in [4.78, 5) is 36.3. The van der Waals surface area contributed by atoms with Crippen LogP contribution >= 0.6 is 12.2 Å². The maximum Gasteiger partial charge on any atom is 0.407 e. The highest BCUT2D eigenvalue weighted by molar-refractivity contribution is 7.80. The van der Waals surface area contributed by atoms with Crippen LogP contribution in [0.5, 0.6) is 0 Å². The van der Waals surface area contributed by atoms with Crippen molar-refractivity contribution in [3.63, 3.8) is 0 Å². The van der Waals surface area contributed by atoms with Gasteiger partial charge in [0.15, 0.2) is 5.11 Å². The number of amides is 3. The molecule has 0 unspecified atom stereocenters. The standard InChI is InChI=1S/C19H30N6O4S/c1-5-19(14(26)21-16(30)22-15(19)27)9-6-8-13-12-25(24-23-13)11-7-10-20-17(28)29-18(2,3)4/h12H,5-11H2,1-4H3,(H,20,28)(H2,21,22,26,27,30). The Hall–Kier alpha value is -2.56. The first kappa shape index (κ1) is 23.7. The lowest BCUT2D eigenvalue weighted by Crippen LogP contribution is -2.62. The van der Waals surface area contributed by atoms with Crippen LogP contribution in [0.4, 0.5) is 4.79 Å². The predicted molar refractivity (Wildman–Crippen MR) is 113 cm³/mol. The van der Waals surface area contributed by atoms with Crippen LogP contribution in [0.3, 0.4) is 0 Å². The second-order valence-corrected chi connectivity index (χ2v) is 8.69. The summed E-state index contributed by atoms with van der Waals surface area (Å²) in [6, 6.07) is 0. The molecule has 166 valence electrons. The summed E-state index contributed by atoms with van der Waals surface area (Å²) in [6.45, 7) is 8.32. The minimum Gasteiger partial charge on any atom is -0.444 e. The number of thiocarbonyl (C=S) groups is 1. The summed E-state index contributed by atoms with van der Waals surface area (Å²) >= 11 is 4.87. The molecule has 30 heavy (non-hydrogen) atoms. The first-order valence-corrected chi connectivity index (χ1v) is 10.5. The Balaban J connectivity index is 1.75. The number of rotatable bonds is 9. The second-order valence-electron chi connectivity index (χ2n) is 8.28. The van der Waals surface area contributed by atoms with Crippen molar-refractivity contribution in [1.82, 2.24) is 30.9 Å². The molecule has 2 heterocycles.